The van der Waals surface area contributed by atoms with Gasteiger partial charge in [0.05, 0.1) is 0 Å². The molecule has 0 radical (unpaired) electrons. The molecule has 0 atom stereocenters. The average Bonchev–Trinajstić information content (AvgIpc) is 2.57. The minimum absolute atomic E-state index is 0.815. The molecule has 2 aliphatic carbocycles. The van der Waals surface area contributed by atoms with Gasteiger partial charge in [0.15, 0.2) is 0 Å². The van der Waals surface area contributed by atoms with E-state index in [0.717, 1.165) is 10.6 Å². The molecular weight excluding hydrogens is 228 g/mol. The van der Waals surface area contributed by atoms with E-state index in [2.05, 4.69) is 24.3 Å². The number of hydrogen-bond donors (Lipinski definition) is 0. The molecular formula is C16H11Cl. The van der Waals surface area contributed by atoms with Crippen LogP contribution in [0.2, 0.25) is 5.02 Å². The molecule has 0 N–H and O–H groups in total. The highest BCUT2D eigenvalue weighted by Gasteiger charge is 2.13. The summed E-state index contributed by atoms with van der Waals surface area (Å²) in [6.07, 6.45) is 0. The van der Waals surface area contributed by atoms with Crippen LogP contribution < -0.4 is 0 Å². The van der Waals surface area contributed by atoms with Gasteiger partial charge in [-0.15, -0.1) is 0 Å². The van der Waals surface area contributed by atoms with Crippen LogP contribution in [0.5, 0.6) is 0 Å². The monoisotopic (exact) mass is 238 g/mol. The Kier molecular flexibility index (Phi) is 2.58. The van der Waals surface area contributed by atoms with Crippen molar-refractivity contribution in [3.05, 3.63) is 71.8 Å². The van der Waals surface area contributed by atoms with Crippen LogP contribution in [0, 0.1) is 0 Å². The van der Waals surface area contributed by atoms with Crippen molar-refractivity contribution in [2.75, 3.05) is 0 Å². The van der Waals surface area contributed by atoms with Gasteiger partial charge < -0.3 is 0 Å². The van der Waals surface area contributed by atoms with Crippen LogP contribution >= 0.6 is 11.6 Å². The lowest BCUT2D eigenvalue weighted by atomic mass is 10.0. The second-order valence-corrected chi connectivity index (χ2v) is 4.42. The molecule has 0 bridgehead atoms. The van der Waals surface area contributed by atoms with Crippen LogP contribution in [-0.4, -0.2) is 0 Å². The molecule has 0 nitrogen and oxygen atoms in total. The molecule has 1 aromatic rings. The molecule has 2 aliphatic rings. The van der Waals surface area contributed by atoms with Crippen LogP contribution in [0.15, 0.2) is 66.7 Å². The summed E-state index contributed by atoms with van der Waals surface area (Å²) in [6.45, 7) is 0. The van der Waals surface area contributed by atoms with Crippen LogP contribution in [-0.2, 0) is 0 Å². The second kappa shape index (κ2) is 4.23. The van der Waals surface area contributed by atoms with Crippen molar-refractivity contribution in [1.82, 2.24) is 0 Å². The molecule has 1 heteroatoms. The van der Waals surface area contributed by atoms with Gasteiger partial charge in [-0.1, -0.05) is 72.3 Å². The van der Waals surface area contributed by atoms with Gasteiger partial charge in [0.2, 0.25) is 0 Å². The fraction of sp³-hybridized carbons (Fsp3) is 0. The van der Waals surface area contributed by atoms with Crippen molar-refractivity contribution >= 4 is 11.6 Å². The Morgan fingerprint density at radius 1 is 0.588 bits per heavy atom. The van der Waals surface area contributed by atoms with E-state index < -0.39 is 0 Å². The quantitative estimate of drug-likeness (QED) is 0.553. The van der Waals surface area contributed by atoms with Crippen LogP contribution in [0.3, 0.4) is 0 Å². The third-order valence-corrected chi connectivity index (χ3v) is 3.25. The maximum atomic E-state index is 6.29. The maximum absolute atomic E-state index is 6.29. The van der Waals surface area contributed by atoms with Gasteiger partial charge >= 0.3 is 0 Å². The molecule has 0 aromatic heterocycles. The van der Waals surface area contributed by atoms with Crippen molar-refractivity contribution in [1.29, 1.82) is 0 Å². The minimum Gasteiger partial charge on any atom is -0.0836 e. The number of rotatable bonds is 1. The van der Waals surface area contributed by atoms with Crippen molar-refractivity contribution in [2.24, 2.45) is 0 Å². The first-order valence-corrected chi connectivity index (χ1v) is 5.97. The van der Waals surface area contributed by atoms with Crippen LogP contribution in [0.1, 0.15) is 0 Å². The predicted molar refractivity (Wildman–Crippen MR) is 73.5 cm³/mol. The van der Waals surface area contributed by atoms with Crippen LogP contribution in [0.25, 0.3) is 22.3 Å². The number of benzene rings is 1. The largest absolute Gasteiger partial charge is 0.0836 e. The Bertz CT molecular complexity index is 614. The lowest BCUT2D eigenvalue weighted by Gasteiger charge is -2.01. The normalized spacial score (nSPS) is 10.6. The first-order chi connectivity index (χ1) is 8.36. The number of hydrogen-bond acceptors (Lipinski definition) is 0. The van der Waals surface area contributed by atoms with Crippen LogP contribution in [0.4, 0.5) is 0 Å². The summed E-state index contributed by atoms with van der Waals surface area (Å²) in [5, 5.41) is 0.815. The summed E-state index contributed by atoms with van der Waals surface area (Å²) in [4.78, 5) is 0. The molecule has 0 saturated carbocycles. The summed E-state index contributed by atoms with van der Waals surface area (Å²) in [7, 11) is 0. The van der Waals surface area contributed by atoms with E-state index in [1.54, 1.807) is 0 Å². The molecule has 0 spiro atoms. The summed E-state index contributed by atoms with van der Waals surface area (Å²) >= 11 is 6.29. The Morgan fingerprint density at radius 3 is 1.88 bits per heavy atom. The highest BCUT2D eigenvalue weighted by atomic mass is 35.5. The van der Waals surface area contributed by atoms with Gasteiger partial charge in [0, 0.05) is 10.6 Å². The Labute approximate surface area is 106 Å². The van der Waals surface area contributed by atoms with E-state index in [1.807, 2.05) is 42.5 Å². The zero-order valence-corrected chi connectivity index (χ0v) is 9.98. The molecule has 0 aliphatic heterocycles. The van der Waals surface area contributed by atoms with E-state index in [0.29, 0.717) is 0 Å². The molecule has 17 heavy (non-hydrogen) atoms. The zero-order chi connectivity index (χ0) is 11.7. The Balaban J connectivity index is 2.28. The molecule has 0 heterocycles. The highest BCUT2D eigenvalue weighted by molar-refractivity contribution is 6.34. The van der Waals surface area contributed by atoms with E-state index in [1.165, 1.54) is 16.7 Å². The molecule has 0 fully saturated rings. The molecule has 82 valence electrons. The first-order valence-electron chi connectivity index (χ1n) is 5.59. The van der Waals surface area contributed by atoms with Gasteiger partial charge in [-0.3, -0.25) is 0 Å². The smallest absolute Gasteiger partial charge is 0.0491 e. The lowest BCUT2D eigenvalue weighted by Crippen LogP contribution is -1.75. The maximum Gasteiger partial charge on any atom is 0.0491 e. The molecule has 0 amide bonds. The summed E-state index contributed by atoms with van der Waals surface area (Å²) in [6, 6.07) is 22.6. The standard InChI is InChI=1S/C16H11Cl/c17-16-11-15(12-7-3-1-4-8-12)13-9-5-2-6-10-14(13)16/h1-11H. The van der Waals surface area contributed by atoms with Gasteiger partial charge in [0.25, 0.3) is 0 Å². The third kappa shape index (κ3) is 1.81. The van der Waals surface area contributed by atoms with Crippen molar-refractivity contribution in [2.45, 2.75) is 0 Å². The Morgan fingerprint density at radius 2 is 1.18 bits per heavy atom. The SMILES string of the molecule is Clc1cc(-c2ccccc2)c2cccccc1-2. The van der Waals surface area contributed by atoms with E-state index >= 15 is 0 Å². The predicted octanol–water partition coefficient (Wildman–Crippen LogP) is 5.11. The minimum atomic E-state index is 0.815. The van der Waals surface area contributed by atoms with Crippen molar-refractivity contribution < 1.29 is 0 Å². The number of fused-ring (bicyclic) bond motifs is 1. The van der Waals surface area contributed by atoms with Crippen molar-refractivity contribution in [3.63, 3.8) is 0 Å². The van der Waals surface area contributed by atoms with Gasteiger partial charge in [-0.05, 0) is 22.8 Å². The van der Waals surface area contributed by atoms with Gasteiger partial charge in [-0.25, -0.2) is 0 Å². The Hall–Kier alpha value is -1.79. The average molecular weight is 239 g/mol. The molecule has 0 unspecified atom stereocenters. The van der Waals surface area contributed by atoms with E-state index in [9.17, 15) is 0 Å². The fourth-order valence-electron chi connectivity index (χ4n) is 2.13. The summed E-state index contributed by atoms with van der Waals surface area (Å²) in [5.74, 6) is 0. The topological polar surface area (TPSA) is 0 Å². The zero-order valence-electron chi connectivity index (χ0n) is 9.23. The van der Waals surface area contributed by atoms with E-state index in [4.69, 9.17) is 11.6 Å². The van der Waals surface area contributed by atoms with Gasteiger partial charge in [-0.2, -0.15) is 0 Å². The number of halogens is 1. The van der Waals surface area contributed by atoms with Crippen molar-refractivity contribution in [3.8, 4) is 22.3 Å². The van der Waals surface area contributed by atoms with Gasteiger partial charge in [0.1, 0.15) is 0 Å². The molecule has 0 saturated heterocycles. The second-order valence-electron chi connectivity index (χ2n) is 4.01. The first kappa shape index (κ1) is 10.4. The molecule has 3 rings (SSSR count). The fourth-order valence-corrected chi connectivity index (χ4v) is 2.40. The third-order valence-electron chi connectivity index (χ3n) is 2.94. The molecule has 1 aromatic carbocycles. The summed E-state index contributed by atoms with van der Waals surface area (Å²) in [5.41, 5.74) is 4.71. The lowest BCUT2D eigenvalue weighted by molar-refractivity contribution is 1.67. The summed E-state index contributed by atoms with van der Waals surface area (Å²) < 4.78 is 0. The highest BCUT2D eigenvalue weighted by Crippen LogP contribution is 2.40. The van der Waals surface area contributed by atoms with E-state index in [-0.39, 0.29) is 0 Å².